The molecular formula is C24H28N4O3S. The number of carbonyl (C=O) groups excluding carboxylic acids is 1. The van der Waals surface area contributed by atoms with Crippen LogP contribution in [0.1, 0.15) is 28.8 Å². The number of morpholine rings is 1. The van der Waals surface area contributed by atoms with Crippen LogP contribution in [0.5, 0.6) is 5.75 Å². The average molecular weight is 453 g/mol. The number of amides is 1. The highest BCUT2D eigenvalue weighted by molar-refractivity contribution is 7.23. The zero-order chi connectivity index (χ0) is 21.9. The molecule has 0 radical (unpaired) electrons. The highest BCUT2D eigenvalue weighted by atomic mass is 32.1. The summed E-state index contributed by atoms with van der Waals surface area (Å²) in [6.45, 7) is 6.26. The van der Waals surface area contributed by atoms with Crippen molar-refractivity contribution in [2.75, 3.05) is 56.7 Å². The highest BCUT2D eigenvalue weighted by Gasteiger charge is 2.20. The fourth-order valence-corrected chi connectivity index (χ4v) is 5.44. The molecule has 0 bridgehead atoms. The number of benzene rings is 2. The lowest BCUT2D eigenvalue weighted by molar-refractivity contribution is 0.102. The van der Waals surface area contributed by atoms with E-state index in [0.717, 1.165) is 48.6 Å². The molecule has 7 nitrogen and oxygen atoms in total. The Morgan fingerprint density at radius 2 is 1.97 bits per heavy atom. The van der Waals surface area contributed by atoms with Crippen LogP contribution in [0.4, 0.5) is 10.8 Å². The number of carbonyl (C=O) groups is 1. The summed E-state index contributed by atoms with van der Waals surface area (Å²) in [6.07, 6.45) is 2.52. The number of thiazole rings is 1. The standard InChI is InChI=1S/C24H28N4O3S/c1-30-20-8-7-19(28-11-13-31-14-12-28)22-21(20)25-24(32-22)26-23(29)18-6-4-5-17(15-18)16-27-9-2-3-10-27/h4-8,15H,2-3,9-14,16H2,1H3,(H,25,26,29). The minimum Gasteiger partial charge on any atom is -0.494 e. The molecule has 3 aromatic rings. The Labute approximate surface area is 191 Å². The molecular weight excluding hydrogens is 424 g/mol. The van der Waals surface area contributed by atoms with E-state index in [2.05, 4.69) is 27.2 Å². The van der Waals surface area contributed by atoms with Gasteiger partial charge in [0.2, 0.25) is 0 Å². The van der Waals surface area contributed by atoms with Gasteiger partial charge in [0.05, 0.1) is 30.7 Å². The van der Waals surface area contributed by atoms with E-state index >= 15 is 0 Å². The van der Waals surface area contributed by atoms with Gasteiger partial charge in [0.15, 0.2) is 5.13 Å². The van der Waals surface area contributed by atoms with Crippen molar-refractivity contribution in [2.45, 2.75) is 19.4 Å². The molecule has 0 atom stereocenters. The van der Waals surface area contributed by atoms with Crippen molar-refractivity contribution in [3.8, 4) is 5.75 Å². The molecule has 2 aromatic carbocycles. The van der Waals surface area contributed by atoms with Gasteiger partial charge in [-0.15, -0.1) is 0 Å². The summed E-state index contributed by atoms with van der Waals surface area (Å²) < 4.78 is 12.1. The van der Waals surface area contributed by atoms with Crippen LogP contribution in [0, 0.1) is 0 Å². The molecule has 1 aromatic heterocycles. The second kappa shape index (κ2) is 9.44. The number of fused-ring (bicyclic) bond motifs is 1. The van der Waals surface area contributed by atoms with Gasteiger partial charge in [-0.25, -0.2) is 4.98 Å². The van der Waals surface area contributed by atoms with Crippen molar-refractivity contribution < 1.29 is 14.3 Å². The molecule has 3 heterocycles. The van der Waals surface area contributed by atoms with Crippen molar-refractivity contribution in [2.24, 2.45) is 0 Å². The lowest BCUT2D eigenvalue weighted by Gasteiger charge is -2.29. The summed E-state index contributed by atoms with van der Waals surface area (Å²) in [4.78, 5) is 22.4. The van der Waals surface area contributed by atoms with E-state index in [1.54, 1.807) is 7.11 Å². The number of aromatic nitrogens is 1. The van der Waals surface area contributed by atoms with Crippen LogP contribution in [0.3, 0.4) is 0 Å². The first-order valence-electron chi connectivity index (χ1n) is 11.1. The number of hydrogen-bond donors (Lipinski definition) is 1. The van der Waals surface area contributed by atoms with Crippen molar-refractivity contribution in [1.29, 1.82) is 0 Å². The lowest BCUT2D eigenvalue weighted by Crippen LogP contribution is -2.36. The van der Waals surface area contributed by atoms with Crippen LogP contribution in [0.2, 0.25) is 0 Å². The third kappa shape index (κ3) is 4.44. The topological polar surface area (TPSA) is 66.9 Å². The van der Waals surface area contributed by atoms with Crippen LogP contribution < -0.4 is 15.0 Å². The number of nitrogens with zero attached hydrogens (tertiary/aromatic N) is 3. The first-order valence-corrected chi connectivity index (χ1v) is 12.0. The lowest BCUT2D eigenvalue weighted by atomic mass is 10.1. The molecule has 8 heteroatoms. The molecule has 1 amide bonds. The maximum Gasteiger partial charge on any atom is 0.257 e. The van der Waals surface area contributed by atoms with E-state index in [4.69, 9.17) is 14.5 Å². The summed E-state index contributed by atoms with van der Waals surface area (Å²) in [5.41, 5.74) is 3.70. The Kier molecular flexibility index (Phi) is 6.25. The average Bonchev–Trinajstić information content (AvgIpc) is 3.49. The van der Waals surface area contributed by atoms with Gasteiger partial charge in [0.1, 0.15) is 11.3 Å². The normalized spacial score (nSPS) is 17.1. The van der Waals surface area contributed by atoms with Gasteiger partial charge in [-0.2, -0.15) is 0 Å². The Bertz CT molecular complexity index is 1100. The molecule has 168 valence electrons. The summed E-state index contributed by atoms with van der Waals surface area (Å²) in [5.74, 6) is 0.570. The van der Waals surface area contributed by atoms with Crippen molar-refractivity contribution >= 4 is 38.3 Å². The SMILES string of the molecule is COc1ccc(N2CCOCC2)c2sc(NC(=O)c3cccc(CN4CCCC4)c3)nc12. The molecule has 0 spiro atoms. The number of likely N-dealkylation sites (tertiary alicyclic amines) is 1. The Balaban J connectivity index is 1.38. The largest absolute Gasteiger partial charge is 0.494 e. The van der Waals surface area contributed by atoms with Gasteiger partial charge in [0, 0.05) is 25.2 Å². The number of anilines is 2. The van der Waals surface area contributed by atoms with E-state index in [9.17, 15) is 4.79 Å². The maximum absolute atomic E-state index is 13.0. The summed E-state index contributed by atoms with van der Waals surface area (Å²) >= 11 is 1.49. The van der Waals surface area contributed by atoms with Crippen LogP contribution in [0.15, 0.2) is 36.4 Å². The number of rotatable bonds is 6. The zero-order valence-electron chi connectivity index (χ0n) is 18.3. The van der Waals surface area contributed by atoms with Crippen LogP contribution in [-0.2, 0) is 11.3 Å². The van der Waals surface area contributed by atoms with Gasteiger partial charge < -0.3 is 14.4 Å². The first kappa shape index (κ1) is 21.2. The van der Waals surface area contributed by atoms with E-state index in [0.29, 0.717) is 29.7 Å². The molecule has 2 fully saturated rings. The van der Waals surface area contributed by atoms with Gasteiger partial charge in [-0.05, 0) is 55.8 Å². The minimum absolute atomic E-state index is 0.140. The predicted octanol–water partition coefficient (Wildman–Crippen LogP) is 3.99. The molecule has 0 saturated carbocycles. The molecule has 2 aliphatic heterocycles. The van der Waals surface area contributed by atoms with Crippen molar-refractivity contribution in [1.82, 2.24) is 9.88 Å². The van der Waals surface area contributed by atoms with Gasteiger partial charge in [-0.1, -0.05) is 23.5 Å². The van der Waals surface area contributed by atoms with E-state index < -0.39 is 0 Å². The maximum atomic E-state index is 13.0. The predicted molar refractivity (Wildman–Crippen MR) is 128 cm³/mol. The third-order valence-corrected chi connectivity index (χ3v) is 7.07. The monoisotopic (exact) mass is 452 g/mol. The van der Waals surface area contributed by atoms with Gasteiger partial charge in [-0.3, -0.25) is 15.0 Å². The number of nitrogens with one attached hydrogen (secondary N) is 1. The van der Waals surface area contributed by atoms with Crippen LogP contribution in [-0.4, -0.2) is 62.3 Å². The first-order chi connectivity index (χ1) is 15.7. The molecule has 1 N–H and O–H groups in total. The summed E-state index contributed by atoms with van der Waals surface area (Å²) in [6, 6.07) is 11.9. The fraction of sp³-hybridized carbons (Fsp3) is 0.417. The Hall–Kier alpha value is -2.68. The quantitative estimate of drug-likeness (QED) is 0.610. The zero-order valence-corrected chi connectivity index (χ0v) is 19.1. The molecule has 2 saturated heterocycles. The molecule has 5 rings (SSSR count). The third-order valence-electron chi connectivity index (χ3n) is 6.07. The van der Waals surface area contributed by atoms with E-state index in [1.165, 1.54) is 29.7 Å². The fourth-order valence-electron chi connectivity index (χ4n) is 4.42. The number of ether oxygens (including phenoxy) is 2. The molecule has 2 aliphatic rings. The Morgan fingerprint density at radius 1 is 1.16 bits per heavy atom. The minimum atomic E-state index is -0.140. The molecule has 0 aliphatic carbocycles. The van der Waals surface area contributed by atoms with Crippen LogP contribution >= 0.6 is 11.3 Å². The van der Waals surface area contributed by atoms with Crippen molar-refractivity contribution in [3.05, 3.63) is 47.5 Å². The van der Waals surface area contributed by atoms with Gasteiger partial charge >= 0.3 is 0 Å². The molecule has 0 unspecified atom stereocenters. The number of methoxy groups -OCH3 is 1. The summed E-state index contributed by atoms with van der Waals surface area (Å²) in [5, 5.41) is 3.58. The number of hydrogen-bond acceptors (Lipinski definition) is 7. The van der Waals surface area contributed by atoms with E-state index in [1.807, 2.05) is 24.3 Å². The smallest absolute Gasteiger partial charge is 0.257 e. The summed E-state index contributed by atoms with van der Waals surface area (Å²) in [7, 11) is 1.65. The second-order valence-corrected chi connectivity index (χ2v) is 9.22. The van der Waals surface area contributed by atoms with Crippen molar-refractivity contribution in [3.63, 3.8) is 0 Å². The molecule has 32 heavy (non-hydrogen) atoms. The highest BCUT2D eigenvalue weighted by Crippen LogP contribution is 2.39. The van der Waals surface area contributed by atoms with Gasteiger partial charge in [0.25, 0.3) is 5.91 Å². The Morgan fingerprint density at radius 3 is 2.75 bits per heavy atom. The van der Waals surface area contributed by atoms with Crippen LogP contribution in [0.25, 0.3) is 10.2 Å². The second-order valence-electron chi connectivity index (χ2n) is 8.22. The van der Waals surface area contributed by atoms with E-state index in [-0.39, 0.29) is 5.91 Å².